The minimum absolute atomic E-state index is 0.0581. The molecule has 31 heavy (non-hydrogen) atoms. The largest absolute Gasteiger partial charge is 0.462 e. The van der Waals surface area contributed by atoms with Gasteiger partial charge >= 0.3 is 5.97 Å². The molecular formula is C22H21N3O4S2. The van der Waals surface area contributed by atoms with Gasteiger partial charge in [0, 0.05) is 10.4 Å². The molecule has 3 aromatic rings. The number of rotatable bonds is 7. The van der Waals surface area contributed by atoms with Gasteiger partial charge in [-0.1, -0.05) is 42.1 Å². The van der Waals surface area contributed by atoms with E-state index in [0.29, 0.717) is 15.7 Å². The maximum absolute atomic E-state index is 12.6. The Morgan fingerprint density at radius 3 is 2.84 bits per heavy atom. The Morgan fingerprint density at radius 1 is 1.26 bits per heavy atom. The number of ether oxygens (including phenoxy) is 1. The van der Waals surface area contributed by atoms with Gasteiger partial charge in [-0.25, -0.2) is 9.78 Å². The first-order valence-electron chi connectivity index (χ1n) is 9.96. The second-order valence-electron chi connectivity index (χ2n) is 6.93. The molecule has 0 aliphatic heterocycles. The van der Waals surface area contributed by atoms with Crippen LogP contribution in [0.3, 0.4) is 0 Å². The van der Waals surface area contributed by atoms with Crippen molar-refractivity contribution >= 4 is 40.0 Å². The van der Waals surface area contributed by atoms with Gasteiger partial charge in [0.1, 0.15) is 5.00 Å². The Balaban J connectivity index is 1.49. The Morgan fingerprint density at radius 2 is 2.06 bits per heavy atom. The van der Waals surface area contributed by atoms with E-state index in [1.165, 1.54) is 23.1 Å². The number of hydrogen-bond acceptors (Lipinski definition) is 7. The first-order valence-corrected chi connectivity index (χ1v) is 11.8. The van der Waals surface area contributed by atoms with Crippen LogP contribution in [0.4, 0.5) is 5.00 Å². The van der Waals surface area contributed by atoms with E-state index >= 15 is 0 Å². The second kappa shape index (κ2) is 9.49. The number of thiophene rings is 1. The normalized spacial score (nSPS) is 12.4. The number of carbonyl (C=O) groups is 2. The Labute approximate surface area is 187 Å². The molecule has 0 atom stereocenters. The lowest BCUT2D eigenvalue weighted by atomic mass is 10.1. The van der Waals surface area contributed by atoms with Gasteiger partial charge in [0.05, 0.1) is 23.6 Å². The maximum Gasteiger partial charge on any atom is 0.341 e. The van der Waals surface area contributed by atoms with Crippen molar-refractivity contribution < 1.29 is 14.3 Å². The average molecular weight is 456 g/mol. The quantitative estimate of drug-likeness (QED) is 0.318. The van der Waals surface area contributed by atoms with Gasteiger partial charge in [0.25, 0.3) is 5.56 Å². The van der Waals surface area contributed by atoms with Crippen LogP contribution in [-0.2, 0) is 22.4 Å². The van der Waals surface area contributed by atoms with E-state index in [9.17, 15) is 14.4 Å². The molecule has 2 N–H and O–H groups in total. The first-order chi connectivity index (χ1) is 15.0. The van der Waals surface area contributed by atoms with Crippen LogP contribution in [0.1, 0.15) is 35.0 Å². The fraction of sp³-hybridized carbons (Fsp3) is 0.273. The molecule has 9 heteroatoms. The molecule has 160 valence electrons. The predicted molar refractivity (Wildman–Crippen MR) is 122 cm³/mol. The third-order valence-corrected chi connectivity index (χ3v) is 6.77. The number of aryl methyl sites for hydroxylation is 1. The summed E-state index contributed by atoms with van der Waals surface area (Å²) in [4.78, 5) is 45.2. The summed E-state index contributed by atoms with van der Waals surface area (Å²) >= 11 is 2.49. The summed E-state index contributed by atoms with van der Waals surface area (Å²) in [7, 11) is 0. The molecule has 2 aromatic heterocycles. The summed E-state index contributed by atoms with van der Waals surface area (Å²) in [6, 6.07) is 11.4. The highest BCUT2D eigenvalue weighted by Gasteiger charge is 2.21. The number of aromatic amines is 1. The van der Waals surface area contributed by atoms with Gasteiger partial charge in [-0.2, -0.15) is 0 Å². The summed E-state index contributed by atoms with van der Waals surface area (Å²) < 4.78 is 5.15. The number of amides is 1. The summed E-state index contributed by atoms with van der Waals surface area (Å²) in [6.45, 7) is 1.98. The number of anilines is 1. The van der Waals surface area contributed by atoms with Crippen LogP contribution in [0.2, 0.25) is 0 Å². The number of benzene rings is 1. The van der Waals surface area contributed by atoms with Crippen LogP contribution in [0.25, 0.3) is 10.4 Å². The molecule has 1 aromatic carbocycles. The van der Waals surface area contributed by atoms with Crippen molar-refractivity contribution in [2.45, 2.75) is 31.3 Å². The van der Waals surface area contributed by atoms with Crippen molar-refractivity contribution in [2.24, 2.45) is 0 Å². The van der Waals surface area contributed by atoms with Crippen molar-refractivity contribution in [1.29, 1.82) is 0 Å². The van der Waals surface area contributed by atoms with Crippen LogP contribution in [-0.4, -0.2) is 34.2 Å². The molecule has 0 saturated heterocycles. The minimum atomic E-state index is -0.478. The van der Waals surface area contributed by atoms with Crippen molar-refractivity contribution in [1.82, 2.24) is 9.97 Å². The van der Waals surface area contributed by atoms with Gasteiger partial charge in [-0.15, -0.1) is 11.3 Å². The molecule has 4 rings (SSSR count). The second-order valence-corrected chi connectivity index (χ2v) is 8.94. The van der Waals surface area contributed by atoms with E-state index in [2.05, 4.69) is 15.3 Å². The molecule has 1 aliphatic rings. The Kier molecular flexibility index (Phi) is 6.53. The molecule has 2 heterocycles. The van der Waals surface area contributed by atoms with E-state index in [-0.39, 0.29) is 23.8 Å². The van der Waals surface area contributed by atoms with E-state index in [0.717, 1.165) is 41.0 Å². The van der Waals surface area contributed by atoms with Crippen LogP contribution >= 0.6 is 23.1 Å². The summed E-state index contributed by atoms with van der Waals surface area (Å²) in [5.41, 5.74) is 2.73. The lowest BCUT2D eigenvalue weighted by Gasteiger charge is -2.06. The molecule has 0 bridgehead atoms. The zero-order valence-corrected chi connectivity index (χ0v) is 18.5. The van der Waals surface area contributed by atoms with Gasteiger partial charge < -0.3 is 15.0 Å². The number of fused-ring (bicyclic) bond motifs is 1. The van der Waals surface area contributed by atoms with E-state index in [1.54, 1.807) is 13.0 Å². The number of carbonyl (C=O) groups excluding carboxylic acids is 2. The highest BCUT2D eigenvalue weighted by atomic mass is 32.2. The molecule has 7 nitrogen and oxygen atoms in total. The minimum Gasteiger partial charge on any atom is -0.462 e. The molecule has 0 fully saturated rings. The number of H-pyrrole nitrogens is 1. The van der Waals surface area contributed by atoms with Crippen LogP contribution in [0, 0.1) is 0 Å². The fourth-order valence-corrected chi connectivity index (χ4v) is 5.12. The predicted octanol–water partition coefficient (Wildman–Crippen LogP) is 3.89. The fourth-order valence-electron chi connectivity index (χ4n) is 3.37. The number of aromatic nitrogens is 2. The summed E-state index contributed by atoms with van der Waals surface area (Å²) in [5.74, 6) is -0.712. The highest BCUT2D eigenvalue weighted by molar-refractivity contribution is 7.99. The summed E-state index contributed by atoms with van der Waals surface area (Å²) in [5, 5.41) is 3.69. The van der Waals surface area contributed by atoms with Crippen molar-refractivity contribution in [2.75, 3.05) is 17.7 Å². The molecular weight excluding hydrogens is 434 g/mol. The Hall–Kier alpha value is -2.91. The molecule has 0 radical (unpaired) electrons. The van der Waals surface area contributed by atoms with Gasteiger partial charge in [0.15, 0.2) is 5.16 Å². The summed E-state index contributed by atoms with van der Waals surface area (Å²) in [6.07, 6.45) is 2.47. The lowest BCUT2D eigenvalue weighted by molar-refractivity contribution is -0.113. The topological polar surface area (TPSA) is 101 Å². The Bertz CT molecular complexity index is 1170. The standard InChI is InChI=1S/C22H21N3O4S2/c1-2-29-21(28)15-11-17(13-7-4-3-5-8-13)31-20(15)24-18(26)12-30-22-23-16-10-6-9-14(16)19(27)25-22/h3-5,7-8,11H,2,6,9-10,12H2,1H3,(H,24,26)(H,23,25,27). The highest BCUT2D eigenvalue weighted by Crippen LogP contribution is 2.36. The number of nitrogens with one attached hydrogen (secondary N) is 2. The van der Waals surface area contributed by atoms with Crippen LogP contribution in [0.5, 0.6) is 0 Å². The lowest BCUT2D eigenvalue weighted by Crippen LogP contribution is -2.18. The van der Waals surface area contributed by atoms with E-state index in [1.807, 2.05) is 30.3 Å². The van der Waals surface area contributed by atoms with Gasteiger partial charge in [-0.3, -0.25) is 9.59 Å². The van der Waals surface area contributed by atoms with Crippen molar-refractivity contribution in [3.05, 3.63) is 63.6 Å². The van der Waals surface area contributed by atoms with Crippen LogP contribution in [0.15, 0.2) is 46.3 Å². The smallest absolute Gasteiger partial charge is 0.341 e. The van der Waals surface area contributed by atoms with Crippen molar-refractivity contribution in [3.63, 3.8) is 0 Å². The molecule has 0 unspecified atom stereocenters. The van der Waals surface area contributed by atoms with Gasteiger partial charge in [0.2, 0.25) is 5.91 Å². The number of esters is 1. The number of nitrogens with zero attached hydrogens (tertiary/aromatic N) is 1. The zero-order valence-electron chi connectivity index (χ0n) is 16.9. The number of hydrogen-bond donors (Lipinski definition) is 2. The third-order valence-electron chi connectivity index (χ3n) is 4.80. The van der Waals surface area contributed by atoms with Gasteiger partial charge in [-0.05, 0) is 37.8 Å². The molecule has 1 aliphatic carbocycles. The molecule has 0 saturated carbocycles. The first kappa shape index (κ1) is 21.3. The zero-order chi connectivity index (χ0) is 21.8. The third kappa shape index (κ3) is 4.88. The maximum atomic E-state index is 12.6. The van der Waals surface area contributed by atoms with E-state index < -0.39 is 5.97 Å². The molecule has 1 amide bonds. The monoisotopic (exact) mass is 455 g/mol. The van der Waals surface area contributed by atoms with Crippen molar-refractivity contribution in [3.8, 4) is 10.4 Å². The van der Waals surface area contributed by atoms with Crippen LogP contribution < -0.4 is 10.9 Å². The van der Waals surface area contributed by atoms with E-state index in [4.69, 9.17) is 4.74 Å². The average Bonchev–Trinajstić information content (AvgIpc) is 3.41. The molecule has 0 spiro atoms. The number of thioether (sulfide) groups is 1. The SMILES string of the molecule is CCOC(=O)c1cc(-c2ccccc2)sc1NC(=O)CSc1nc2c(c(=O)[nH]1)CCC2.